The van der Waals surface area contributed by atoms with E-state index in [1.807, 2.05) is 24.4 Å². The second kappa shape index (κ2) is 9.05. The zero-order valence-corrected chi connectivity index (χ0v) is 19.6. The fraction of sp³-hybridized carbons (Fsp3) is 0.440. The van der Waals surface area contributed by atoms with Crippen molar-refractivity contribution in [2.24, 2.45) is 11.7 Å². The van der Waals surface area contributed by atoms with Crippen LogP contribution in [0.1, 0.15) is 55.7 Å². The maximum Gasteiger partial charge on any atom is 0.225 e. The van der Waals surface area contributed by atoms with Crippen molar-refractivity contribution >= 4 is 34.8 Å². The van der Waals surface area contributed by atoms with Crippen molar-refractivity contribution in [3.8, 4) is 11.1 Å². The monoisotopic (exact) mass is 470 g/mol. The molecule has 1 aliphatic heterocycles. The minimum Gasteiger partial charge on any atom is -0.342 e. The number of nitrogens with zero attached hydrogens (tertiary/aromatic N) is 3. The van der Waals surface area contributed by atoms with E-state index < -0.39 is 0 Å². The van der Waals surface area contributed by atoms with E-state index in [1.54, 1.807) is 6.07 Å². The Morgan fingerprint density at radius 3 is 2.50 bits per heavy atom. The van der Waals surface area contributed by atoms with Crippen LogP contribution in [0.15, 0.2) is 36.7 Å². The van der Waals surface area contributed by atoms with E-state index in [0.29, 0.717) is 28.4 Å². The van der Waals surface area contributed by atoms with Crippen LogP contribution in [0.25, 0.3) is 16.8 Å². The number of piperidine rings is 1. The minimum atomic E-state index is 0.253. The molecule has 1 aliphatic carbocycles. The molecule has 0 radical (unpaired) electrons. The summed E-state index contributed by atoms with van der Waals surface area (Å²) in [5.41, 5.74) is 11.0. The van der Waals surface area contributed by atoms with E-state index in [4.69, 9.17) is 28.9 Å². The Bertz CT molecular complexity index is 1140. The first-order chi connectivity index (χ1) is 15.5. The lowest BCUT2D eigenvalue weighted by atomic mass is 9.92. The number of rotatable bonds is 4. The average Bonchev–Trinajstić information content (AvgIpc) is 3.48. The average molecular weight is 471 g/mol. The van der Waals surface area contributed by atoms with Gasteiger partial charge in [0.2, 0.25) is 5.91 Å². The van der Waals surface area contributed by atoms with Crippen LogP contribution in [0, 0.1) is 5.92 Å². The zero-order valence-electron chi connectivity index (χ0n) is 18.1. The molecule has 168 valence electrons. The Kier molecular flexibility index (Phi) is 6.15. The number of benzene rings is 1. The molecular weight excluding hydrogens is 443 g/mol. The number of halogens is 2. The Hall–Kier alpha value is -2.08. The number of carbonyl (C=O) groups excluding carboxylic acids is 1. The van der Waals surface area contributed by atoms with Gasteiger partial charge in [0, 0.05) is 70.7 Å². The highest BCUT2D eigenvalue weighted by Gasteiger charge is 2.31. The highest BCUT2D eigenvalue weighted by molar-refractivity contribution is 6.36. The molecule has 2 aromatic heterocycles. The van der Waals surface area contributed by atoms with Gasteiger partial charge in [0.1, 0.15) is 5.65 Å². The van der Waals surface area contributed by atoms with E-state index >= 15 is 0 Å². The van der Waals surface area contributed by atoms with Gasteiger partial charge in [-0.3, -0.25) is 4.79 Å². The SMILES string of the molecule is NCc1cc2ncc(C3CCN(C(=O)C4CCCC4)CC3)n2cc1-c1ccc(Cl)cc1Cl. The summed E-state index contributed by atoms with van der Waals surface area (Å²) in [6.45, 7) is 2.04. The summed E-state index contributed by atoms with van der Waals surface area (Å²) in [6.07, 6.45) is 10.5. The first-order valence-corrected chi connectivity index (χ1v) is 12.2. The number of fused-ring (bicyclic) bond motifs is 1. The molecule has 1 saturated carbocycles. The molecule has 0 bridgehead atoms. The van der Waals surface area contributed by atoms with Crippen molar-refractivity contribution in [3.63, 3.8) is 0 Å². The van der Waals surface area contributed by atoms with Crippen LogP contribution in [0.5, 0.6) is 0 Å². The predicted molar refractivity (Wildman–Crippen MR) is 129 cm³/mol. The third-order valence-corrected chi connectivity index (χ3v) is 7.68. The molecular formula is C25H28Cl2N4O. The van der Waals surface area contributed by atoms with Gasteiger partial charge in [0.25, 0.3) is 0 Å². The van der Waals surface area contributed by atoms with E-state index in [-0.39, 0.29) is 5.92 Å². The third-order valence-electron chi connectivity index (χ3n) is 7.13. The molecule has 1 amide bonds. The highest BCUT2D eigenvalue weighted by atomic mass is 35.5. The summed E-state index contributed by atoms with van der Waals surface area (Å²) in [7, 11) is 0. The number of pyridine rings is 1. The Morgan fingerprint density at radius 2 is 1.81 bits per heavy atom. The second-order valence-electron chi connectivity index (χ2n) is 9.03. The number of likely N-dealkylation sites (tertiary alicyclic amines) is 1. The number of aromatic nitrogens is 2. The van der Waals surface area contributed by atoms with Crippen LogP contribution in [-0.2, 0) is 11.3 Å². The van der Waals surface area contributed by atoms with Crippen LogP contribution >= 0.6 is 23.2 Å². The van der Waals surface area contributed by atoms with Gasteiger partial charge < -0.3 is 15.0 Å². The quantitative estimate of drug-likeness (QED) is 0.534. The largest absolute Gasteiger partial charge is 0.342 e. The molecule has 2 fully saturated rings. The summed E-state index contributed by atoms with van der Waals surface area (Å²) in [6, 6.07) is 7.59. The number of hydrogen-bond donors (Lipinski definition) is 1. The summed E-state index contributed by atoms with van der Waals surface area (Å²) in [4.78, 5) is 19.6. The van der Waals surface area contributed by atoms with Gasteiger partial charge in [-0.2, -0.15) is 0 Å². The van der Waals surface area contributed by atoms with Crippen LogP contribution in [0.2, 0.25) is 10.0 Å². The van der Waals surface area contributed by atoms with Gasteiger partial charge in [0.05, 0.1) is 0 Å². The summed E-state index contributed by atoms with van der Waals surface area (Å²) in [5.74, 6) is 0.991. The smallest absolute Gasteiger partial charge is 0.225 e. The molecule has 2 N–H and O–H groups in total. The van der Waals surface area contributed by atoms with Crippen molar-refractivity contribution in [3.05, 3.63) is 58.0 Å². The van der Waals surface area contributed by atoms with E-state index in [2.05, 4.69) is 20.5 Å². The summed E-state index contributed by atoms with van der Waals surface area (Å²) < 4.78 is 2.17. The maximum absolute atomic E-state index is 12.8. The van der Waals surface area contributed by atoms with E-state index in [9.17, 15) is 4.79 Å². The Morgan fingerprint density at radius 1 is 1.06 bits per heavy atom. The highest BCUT2D eigenvalue weighted by Crippen LogP contribution is 2.36. The summed E-state index contributed by atoms with van der Waals surface area (Å²) in [5, 5.41) is 1.21. The Labute approximate surface area is 198 Å². The van der Waals surface area contributed by atoms with Crippen molar-refractivity contribution in [2.75, 3.05) is 13.1 Å². The molecule has 3 heterocycles. The van der Waals surface area contributed by atoms with Crippen LogP contribution in [0.4, 0.5) is 0 Å². The fourth-order valence-corrected chi connectivity index (χ4v) is 5.84. The lowest BCUT2D eigenvalue weighted by Gasteiger charge is -2.33. The Balaban J connectivity index is 1.42. The van der Waals surface area contributed by atoms with Crippen molar-refractivity contribution in [2.45, 2.75) is 51.0 Å². The molecule has 1 saturated heterocycles. The predicted octanol–water partition coefficient (Wildman–Crippen LogP) is 5.66. The molecule has 7 heteroatoms. The van der Waals surface area contributed by atoms with Gasteiger partial charge in [-0.25, -0.2) is 4.98 Å². The van der Waals surface area contributed by atoms with E-state index in [0.717, 1.165) is 61.1 Å². The number of carbonyl (C=O) groups is 1. The minimum absolute atomic E-state index is 0.253. The van der Waals surface area contributed by atoms with Crippen LogP contribution in [-0.4, -0.2) is 33.3 Å². The topological polar surface area (TPSA) is 63.6 Å². The number of nitrogens with two attached hydrogens (primary N) is 1. The summed E-state index contributed by atoms with van der Waals surface area (Å²) >= 11 is 12.6. The maximum atomic E-state index is 12.8. The van der Waals surface area contributed by atoms with Gasteiger partial charge in [-0.05, 0) is 49.4 Å². The third kappa shape index (κ3) is 4.02. The number of imidazole rings is 1. The van der Waals surface area contributed by atoms with Crippen molar-refractivity contribution < 1.29 is 4.79 Å². The van der Waals surface area contributed by atoms with Crippen molar-refractivity contribution in [1.82, 2.24) is 14.3 Å². The molecule has 0 unspecified atom stereocenters. The van der Waals surface area contributed by atoms with Gasteiger partial charge in [-0.1, -0.05) is 42.1 Å². The molecule has 32 heavy (non-hydrogen) atoms. The molecule has 0 atom stereocenters. The molecule has 2 aliphatic rings. The number of amides is 1. The van der Waals surface area contributed by atoms with Crippen LogP contribution < -0.4 is 5.73 Å². The molecule has 0 spiro atoms. The lowest BCUT2D eigenvalue weighted by Crippen LogP contribution is -2.40. The van der Waals surface area contributed by atoms with Gasteiger partial charge >= 0.3 is 0 Å². The standard InChI is InChI=1S/C25H28Cl2N4O/c26-19-5-6-20(22(27)12-19)21-15-31-23(14-29-24(31)11-18(21)13-28)16-7-9-30(10-8-16)25(32)17-3-1-2-4-17/h5-6,11-12,14-17H,1-4,7-10,13,28H2. The first kappa shape index (κ1) is 21.7. The zero-order chi connectivity index (χ0) is 22.2. The van der Waals surface area contributed by atoms with Gasteiger partial charge in [0.15, 0.2) is 0 Å². The molecule has 5 rings (SSSR count). The van der Waals surface area contributed by atoms with Gasteiger partial charge in [-0.15, -0.1) is 0 Å². The first-order valence-electron chi connectivity index (χ1n) is 11.5. The lowest BCUT2D eigenvalue weighted by molar-refractivity contribution is -0.136. The van der Waals surface area contributed by atoms with Crippen molar-refractivity contribution in [1.29, 1.82) is 0 Å². The van der Waals surface area contributed by atoms with Crippen LogP contribution in [0.3, 0.4) is 0 Å². The fourth-order valence-electron chi connectivity index (χ4n) is 5.33. The molecule has 1 aromatic carbocycles. The molecule has 3 aromatic rings. The number of hydrogen-bond acceptors (Lipinski definition) is 3. The normalized spacial score (nSPS) is 18.0. The molecule has 5 nitrogen and oxygen atoms in total. The second-order valence-corrected chi connectivity index (χ2v) is 9.88. The van der Waals surface area contributed by atoms with E-state index in [1.165, 1.54) is 18.5 Å².